The lowest BCUT2D eigenvalue weighted by Gasteiger charge is -2.11. The van der Waals surface area contributed by atoms with Crippen LogP contribution in [-0.4, -0.2) is 18.9 Å². The van der Waals surface area contributed by atoms with Crippen LogP contribution >= 0.6 is 0 Å². The number of pyridine rings is 1. The van der Waals surface area contributed by atoms with E-state index < -0.39 is 0 Å². The van der Waals surface area contributed by atoms with Crippen molar-refractivity contribution in [1.82, 2.24) is 18.9 Å². The molecule has 6 rings (SSSR count). The Morgan fingerprint density at radius 1 is 0.733 bits per heavy atom. The molecule has 0 radical (unpaired) electrons. The highest BCUT2D eigenvalue weighted by Gasteiger charge is 2.19. The number of rotatable bonds is 2. The van der Waals surface area contributed by atoms with Gasteiger partial charge >= 0.3 is 0 Å². The van der Waals surface area contributed by atoms with Crippen molar-refractivity contribution in [2.24, 2.45) is 0 Å². The molecule has 4 heteroatoms. The van der Waals surface area contributed by atoms with Crippen LogP contribution in [0.15, 0.2) is 85.1 Å². The van der Waals surface area contributed by atoms with Crippen LogP contribution in [0.3, 0.4) is 0 Å². The van der Waals surface area contributed by atoms with E-state index in [9.17, 15) is 0 Å². The molecule has 0 saturated carbocycles. The molecule has 0 unspecified atom stereocenters. The highest BCUT2D eigenvalue weighted by molar-refractivity contribution is 5.93. The second-order valence-corrected chi connectivity index (χ2v) is 7.74. The van der Waals surface area contributed by atoms with Crippen molar-refractivity contribution in [2.75, 3.05) is 0 Å². The first-order chi connectivity index (χ1) is 14.7. The minimum atomic E-state index is 0.915. The highest BCUT2D eigenvalue weighted by atomic mass is 15.2. The Morgan fingerprint density at radius 2 is 1.50 bits per heavy atom. The number of benzene rings is 3. The molecular weight excluding hydrogens is 368 g/mol. The van der Waals surface area contributed by atoms with Crippen molar-refractivity contribution < 1.29 is 0 Å². The third-order valence-corrected chi connectivity index (χ3v) is 5.82. The molecule has 0 aliphatic heterocycles. The van der Waals surface area contributed by atoms with Crippen LogP contribution in [-0.2, 0) is 0 Å². The zero-order valence-corrected chi connectivity index (χ0v) is 16.9. The maximum Gasteiger partial charge on any atom is 0.220 e. The molecule has 0 saturated heterocycles. The largest absolute Gasteiger partial charge is 0.276 e. The predicted octanol–water partition coefficient (Wildman–Crippen LogP) is 6.11. The van der Waals surface area contributed by atoms with Crippen molar-refractivity contribution in [1.29, 1.82) is 0 Å². The minimum absolute atomic E-state index is 0.915. The van der Waals surface area contributed by atoms with E-state index in [2.05, 4.69) is 77.4 Å². The molecule has 0 N–H and O–H groups in total. The second kappa shape index (κ2) is 6.29. The van der Waals surface area contributed by atoms with Gasteiger partial charge in [0.25, 0.3) is 0 Å². The van der Waals surface area contributed by atoms with Crippen LogP contribution in [0.1, 0.15) is 11.1 Å². The molecule has 30 heavy (non-hydrogen) atoms. The number of aromatic nitrogens is 4. The van der Waals surface area contributed by atoms with Gasteiger partial charge in [-0.15, -0.1) is 0 Å². The van der Waals surface area contributed by atoms with Gasteiger partial charge < -0.3 is 0 Å². The van der Waals surface area contributed by atoms with E-state index in [1.807, 2.05) is 30.5 Å². The molecular formula is C26H20N4. The average molecular weight is 388 g/mol. The fraction of sp³-hybridized carbons (Fsp3) is 0.0769. The Labute approximate surface area is 174 Å². The molecule has 6 aromatic rings. The number of imidazole rings is 2. The van der Waals surface area contributed by atoms with Crippen molar-refractivity contribution >= 4 is 27.8 Å². The van der Waals surface area contributed by atoms with Crippen molar-refractivity contribution in [2.45, 2.75) is 13.8 Å². The van der Waals surface area contributed by atoms with E-state index in [0.29, 0.717) is 0 Å². The quantitative estimate of drug-likeness (QED) is 0.359. The van der Waals surface area contributed by atoms with E-state index in [1.54, 1.807) is 0 Å². The van der Waals surface area contributed by atoms with Gasteiger partial charge in [0.15, 0.2) is 0 Å². The smallest absolute Gasteiger partial charge is 0.220 e. The summed E-state index contributed by atoms with van der Waals surface area (Å²) in [6, 6.07) is 27.2. The number of hydrogen-bond donors (Lipinski definition) is 0. The van der Waals surface area contributed by atoms with E-state index >= 15 is 0 Å². The predicted molar refractivity (Wildman–Crippen MR) is 122 cm³/mol. The molecule has 0 aliphatic carbocycles. The molecule has 0 amide bonds. The van der Waals surface area contributed by atoms with Crippen LogP contribution in [0, 0.1) is 13.8 Å². The molecule has 3 aromatic heterocycles. The monoisotopic (exact) mass is 388 g/mol. The lowest BCUT2D eigenvalue weighted by molar-refractivity contribution is 1.06. The number of nitrogens with zero attached hydrogens (tertiary/aromatic N) is 4. The van der Waals surface area contributed by atoms with E-state index in [-0.39, 0.29) is 0 Å². The minimum Gasteiger partial charge on any atom is -0.276 e. The average Bonchev–Trinajstić information content (AvgIpc) is 3.30. The van der Waals surface area contributed by atoms with Crippen LogP contribution in [0.4, 0.5) is 0 Å². The SMILES string of the molecule is Cc1cc(-c2ccccc2)ncc1-n1c2c(C)cccc2n2c3ccccc3nc12. The van der Waals surface area contributed by atoms with E-state index in [1.165, 1.54) is 16.6 Å². The van der Waals surface area contributed by atoms with Gasteiger partial charge in [0.2, 0.25) is 5.78 Å². The lowest BCUT2D eigenvalue weighted by atomic mass is 10.1. The normalized spacial score (nSPS) is 11.7. The van der Waals surface area contributed by atoms with Crippen LogP contribution < -0.4 is 0 Å². The Bertz CT molecular complexity index is 1550. The zero-order valence-electron chi connectivity index (χ0n) is 16.9. The molecule has 4 nitrogen and oxygen atoms in total. The third kappa shape index (κ3) is 2.34. The Kier molecular flexibility index (Phi) is 3.56. The summed E-state index contributed by atoms with van der Waals surface area (Å²) in [6.07, 6.45) is 1.98. The van der Waals surface area contributed by atoms with Crippen molar-refractivity contribution in [3.8, 4) is 16.9 Å². The van der Waals surface area contributed by atoms with Crippen molar-refractivity contribution in [3.63, 3.8) is 0 Å². The molecule has 0 bridgehead atoms. The summed E-state index contributed by atoms with van der Waals surface area (Å²) >= 11 is 0. The van der Waals surface area contributed by atoms with Gasteiger partial charge in [-0.3, -0.25) is 14.0 Å². The van der Waals surface area contributed by atoms with E-state index in [4.69, 9.17) is 9.97 Å². The van der Waals surface area contributed by atoms with Gasteiger partial charge in [-0.2, -0.15) is 0 Å². The van der Waals surface area contributed by atoms with Gasteiger partial charge in [0.05, 0.1) is 39.6 Å². The number of hydrogen-bond acceptors (Lipinski definition) is 2. The number of fused-ring (bicyclic) bond motifs is 5. The summed E-state index contributed by atoms with van der Waals surface area (Å²) in [7, 11) is 0. The maximum atomic E-state index is 4.99. The van der Waals surface area contributed by atoms with Crippen LogP contribution in [0.2, 0.25) is 0 Å². The van der Waals surface area contributed by atoms with E-state index in [0.717, 1.165) is 39.3 Å². The Balaban J connectivity index is 1.70. The molecule has 0 fully saturated rings. The highest BCUT2D eigenvalue weighted by Crippen LogP contribution is 2.32. The molecule has 144 valence electrons. The second-order valence-electron chi connectivity index (χ2n) is 7.74. The lowest BCUT2D eigenvalue weighted by Crippen LogP contribution is -2.01. The standard InChI is InChI=1S/C26H20N4/c1-17-9-8-14-23-25(17)30(26-28-20-12-6-7-13-22(20)29(23)26)24-16-27-21(15-18(24)2)19-10-4-3-5-11-19/h3-16H,1-2H3. The van der Waals surface area contributed by atoms with Gasteiger partial charge in [-0.25, -0.2) is 4.98 Å². The fourth-order valence-corrected chi connectivity index (χ4v) is 4.39. The van der Waals surface area contributed by atoms with Gasteiger partial charge in [0.1, 0.15) is 0 Å². The molecule has 3 heterocycles. The molecule has 0 aliphatic rings. The first kappa shape index (κ1) is 17.0. The summed E-state index contributed by atoms with van der Waals surface area (Å²) in [4.78, 5) is 9.79. The summed E-state index contributed by atoms with van der Waals surface area (Å²) in [6.45, 7) is 4.30. The Morgan fingerprint density at radius 3 is 2.33 bits per heavy atom. The van der Waals surface area contributed by atoms with Crippen LogP contribution in [0.5, 0.6) is 0 Å². The first-order valence-electron chi connectivity index (χ1n) is 10.1. The summed E-state index contributed by atoms with van der Waals surface area (Å²) in [5.41, 5.74) is 9.98. The summed E-state index contributed by atoms with van der Waals surface area (Å²) in [5, 5.41) is 0. The van der Waals surface area contributed by atoms with Gasteiger partial charge in [-0.1, -0.05) is 54.6 Å². The maximum absolute atomic E-state index is 4.99. The fourth-order valence-electron chi connectivity index (χ4n) is 4.39. The van der Waals surface area contributed by atoms with Gasteiger partial charge in [0, 0.05) is 5.56 Å². The Hall–Kier alpha value is -3.92. The number of para-hydroxylation sites is 3. The first-order valence-corrected chi connectivity index (χ1v) is 10.1. The number of aryl methyl sites for hydroxylation is 2. The third-order valence-electron chi connectivity index (χ3n) is 5.82. The molecule has 0 spiro atoms. The van der Waals surface area contributed by atoms with Crippen LogP contribution in [0.25, 0.3) is 44.8 Å². The topological polar surface area (TPSA) is 35.1 Å². The zero-order chi connectivity index (χ0) is 20.2. The van der Waals surface area contributed by atoms with Crippen molar-refractivity contribution in [3.05, 3.63) is 96.2 Å². The molecule has 0 atom stereocenters. The summed E-state index contributed by atoms with van der Waals surface area (Å²) < 4.78 is 4.50. The molecule has 3 aromatic carbocycles. The van der Waals surface area contributed by atoms with Gasteiger partial charge in [-0.05, 0) is 49.2 Å². The summed E-state index contributed by atoms with van der Waals surface area (Å²) in [5.74, 6) is 0.915.